The number of rotatable bonds is 33. The summed E-state index contributed by atoms with van der Waals surface area (Å²) in [6.07, 6.45) is 6.70. The van der Waals surface area contributed by atoms with Crippen LogP contribution in [0.1, 0.15) is 91.6 Å². The second-order valence-corrected chi connectivity index (χ2v) is 29.2. The Morgan fingerprint density at radius 1 is 0.571 bits per heavy atom. The lowest BCUT2D eigenvalue weighted by Gasteiger charge is -2.30. The van der Waals surface area contributed by atoms with Crippen LogP contribution in [0.2, 0.25) is 0 Å². The van der Waals surface area contributed by atoms with E-state index in [0.29, 0.717) is 109 Å². The van der Waals surface area contributed by atoms with Gasteiger partial charge >= 0.3 is 6.18 Å². The molecule has 1 aliphatic carbocycles. The number of benzene rings is 5. The van der Waals surface area contributed by atoms with E-state index in [0.717, 1.165) is 133 Å². The van der Waals surface area contributed by atoms with Crippen molar-refractivity contribution in [1.82, 2.24) is 79.1 Å². The third-order valence-electron chi connectivity index (χ3n) is 19.2. The van der Waals surface area contributed by atoms with Gasteiger partial charge in [0.05, 0.1) is 80.7 Å². The maximum Gasteiger partial charge on any atom is 0.416 e. The highest BCUT2D eigenvalue weighted by Crippen LogP contribution is 2.38. The Labute approximate surface area is 687 Å². The number of aromatic nitrogens is 13. The molecule has 14 N–H and O–H groups in total. The summed E-state index contributed by atoms with van der Waals surface area (Å²) in [6.45, 7) is 21.2. The molecule has 2 aliphatic rings. The SMILES string of the molecule is CCn1cnc2c(Nc3ccc(OCCNCCOC)cc3)nc(NC(C)(C)CO)nc21.CCn1cnc2c(Nc3cccc(F)c3)nc(NC(C)(C)CO)nc21.CCn1cnc2c1NC(NC1CCC(O)CC1)=NC2Nc1ccc(C(F)(F)F)cc1.COCCNCCOc1ccc(-n2cc(-c3cccc(OC)c3)c3c(N)ncnc32)cc1. The Bertz CT molecular complexity index is 5250. The largest absolute Gasteiger partial charge is 0.497 e. The number of hydrogen-bond acceptors (Lipinski definition) is 28. The van der Waals surface area contributed by atoms with Gasteiger partial charge in [-0.05, 0) is 183 Å². The summed E-state index contributed by atoms with van der Waals surface area (Å²) in [5.41, 5.74) is 13.3. The van der Waals surface area contributed by atoms with Crippen molar-refractivity contribution in [1.29, 1.82) is 0 Å². The minimum atomic E-state index is -4.37. The van der Waals surface area contributed by atoms with E-state index in [1.807, 2.05) is 146 Å². The topological polar surface area (TPSA) is 389 Å². The third kappa shape index (κ3) is 23.9. The number of anilines is 9. The van der Waals surface area contributed by atoms with Crippen LogP contribution in [0.15, 0.2) is 158 Å². The molecule has 12 aromatic rings. The number of methoxy groups -OCH3 is 3. The molecule has 5 aromatic carbocycles. The average Bonchev–Trinajstić information content (AvgIpc) is 1.62. The highest BCUT2D eigenvalue weighted by molar-refractivity contribution is 6.02. The monoisotopic (exact) mass is 1640 g/mol. The molecule has 0 spiro atoms. The van der Waals surface area contributed by atoms with Crippen LogP contribution in [-0.2, 0) is 35.3 Å². The lowest BCUT2D eigenvalue weighted by atomic mass is 9.93. The van der Waals surface area contributed by atoms with E-state index < -0.39 is 29.0 Å². The fraction of sp³-hybridized carbons (Fsp3) is 0.398. The number of nitrogens with zero attached hydrogens (tertiary/aromatic N) is 14. The third-order valence-corrected chi connectivity index (χ3v) is 19.2. The summed E-state index contributed by atoms with van der Waals surface area (Å²) < 4.78 is 86.7. The van der Waals surface area contributed by atoms with Gasteiger partial charge in [0.25, 0.3) is 0 Å². The molecule has 0 radical (unpaired) electrons. The van der Waals surface area contributed by atoms with Gasteiger partial charge in [-0.25, -0.2) is 34.3 Å². The van der Waals surface area contributed by atoms with Crippen molar-refractivity contribution in [3.63, 3.8) is 0 Å². The van der Waals surface area contributed by atoms with Crippen molar-refractivity contribution in [2.75, 3.05) is 125 Å². The smallest absolute Gasteiger partial charge is 0.416 e. The molecule has 1 fully saturated rings. The molecule has 0 amide bonds. The van der Waals surface area contributed by atoms with Gasteiger partial charge in [-0.15, -0.1) is 0 Å². The Morgan fingerprint density at radius 3 is 1.66 bits per heavy atom. The van der Waals surface area contributed by atoms with Crippen LogP contribution in [0.5, 0.6) is 17.2 Å². The number of alkyl halides is 3. The summed E-state index contributed by atoms with van der Waals surface area (Å²) in [7, 11) is 5.02. The van der Waals surface area contributed by atoms with Gasteiger partial charge in [0.2, 0.25) is 11.9 Å². The van der Waals surface area contributed by atoms with E-state index in [9.17, 15) is 32.9 Å². The van der Waals surface area contributed by atoms with Crippen LogP contribution in [0.25, 0.3) is 50.2 Å². The molecule has 1 atom stereocenters. The van der Waals surface area contributed by atoms with Crippen molar-refractivity contribution in [3.8, 4) is 34.1 Å². The van der Waals surface area contributed by atoms with E-state index >= 15 is 0 Å². The van der Waals surface area contributed by atoms with Crippen LogP contribution in [-0.4, -0.2) is 195 Å². The zero-order chi connectivity index (χ0) is 84.6. The van der Waals surface area contributed by atoms with Crippen molar-refractivity contribution < 1.29 is 56.6 Å². The molecule has 1 saturated carbocycles. The van der Waals surface area contributed by atoms with Gasteiger partial charge in [0, 0.05) is 101 Å². The molecule has 119 heavy (non-hydrogen) atoms. The molecule has 8 heterocycles. The van der Waals surface area contributed by atoms with Crippen molar-refractivity contribution in [2.45, 2.75) is 129 Å². The lowest BCUT2D eigenvalue weighted by Crippen LogP contribution is -2.44. The number of guanidine groups is 1. The number of aliphatic hydroxyl groups excluding tert-OH is 3. The Kier molecular flexibility index (Phi) is 30.5. The average molecular weight is 1640 g/mol. The number of imidazole rings is 3. The van der Waals surface area contributed by atoms with E-state index in [1.54, 1.807) is 52.4 Å². The van der Waals surface area contributed by atoms with Crippen LogP contribution in [0.3, 0.4) is 0 Å². The molecule has 0 saturated heterocycles. The number of halogens is 4. The zero-order valence-corrected chi connectivity index (χ0v) is 68.4. The number of aliphatic hydroxyl groups is 3. The highest BCUT2D eigenvalue weighted by Gasteiger charge is 2.32. The number of aliphatic imine (C=N–C) groups is 1. The highest BCUT2D eigenvalue weighted by atomic mass is 19.4. The molecule has 634 valence electrons. The molecule has 36 heteroatoms. The number of nitrogens with two attached hydrogens (primary N) is 1. The second-order valence-electron chi connectivity index (χ2n) is 29.2. The van der Waals surface area contributed by atoms with E-state index in [4.69, 9.17) is 29.4 Å². The van der Waals surface area contributed by atoms with Crippen LogP contribution < -0.4 is 67.8 Å². The Balaban J connectivity index is 0.000000156. The molecule has 32 nitrogen and oxygen atoms in total. The summed E-state index contributed by atoms with van der Waals surface area (Å²) in [6, 6.07) is 34.7. The van der Waals surface area contributed by atoms with E-state index in [2.05, 4.69) is 97.7 Å². The second kappa shape index (κ2) is 41.4. The molecular weight excluding hydrogens is 1540 g/mol. The minimum Gasteiger partial charge on any atom is -0.497 e. The maximum absolute atomic E-state index is 13.5. The predicted octanol–water partition coefficient (Wildman–Crippen LogP) is 12.3. The Hall–Kier alpha value is -12.1. The first kappa shape index (κ1) is 87.8. The minimum absolute atomic E-state index is 0.0481. The van der Waals surface area contributed by atoms with Crippen LogP contribution in [0.4, 0.5) is 69.8 Å². The number of nitrogens with one attached hydrogen (secondary N) is 9. The standard InChI is InChI=1S/C24H27N5O3.C22H33N7O3.C20H25F3N6O.C17H21FN6O/c1-30-12-10-26-11-13-32-19-8-6-18(7-9-19)29-15-21(17-4-3-5-20(14-17)31-2)22-23(25)27-16-28-24(22)29;1-5-29-15-24-18-19(26-21(27-20(18)29)28-22(2,3)14-30)25-16-6-8-17(9-7-16)32-13-11-23-10-12-31-4;1-2-29-11-24-16-17(25-13-5-3-12(4-6-13)20(21,22)23)27-19(28-18(16)29)26-14-7-9-15(30)10-8-14;1-4-24-10-19-13-14(20-12-7-5-6-11(18)8-12)21-16(22-15(13)24)23-17(2,3)9-25/h3-9,14-16,26H,10-13H2,1-2H3,(H2,25,27,28);6-9,15,23,30H,5,10-14H2,1-4H3,(H2,25,26,27,28);3-6,11,14-15,17,25,30H,2,7-10H2,1H3,(H2,26,27,28);5-8,10,25H,4,9H2,1-3H3,(H2,20,21,22,23). The number of ether oxygens (including phenoxy) is 5. The van der Waals surface area contributed by atoms with Gasteiger partial charge < -0.3 is 111 Å². The van der Waals surface area contributed by atoms with E-state index in [-0.39, 0.29) is 31.2 Å². The number of nitrogen functional groups attached to an aromatic ring is 1. The van der Waals surface area contributed by atoms with E-state index in [1.165, 1.54) is 30.6 Å². The van der Waals surface area contributed by atoms with Gasteiger partial charge in [0.1, 0.15) is 59.9 Å². The van der Waals surface area contributed by atoms with Crippen molar-refractivity contribution in [3.05, 3.63) is 170 Å². The molecular formula is C83H106F4N24O8. The van der Waals surface area contributed by atoms with Crippen molar-refractivity contribution >= 4 is 91.6 Å². The van der Waals surface area contributed by atoms with Gasteiger partial charge in [-0.2, -0.15) is 33.1 Å². The maximum atomic E-state index is 13.5. The quantitative estimate of drug-likeness (QED) is 0.0134. The molecule has 7 aromatic heterocycles. The normalized spacial score (nSPS) is 14.6. The number of aryl methyl sites for hydroxylation is 3. The fourth-order valence-corrected chi connectivity index (χ4v) is 12.7. The molecule has 14 rings (SSSR count). The van der Waals surface area contributed by atoms with Gasteiger partial charge in [0.15, 0.2) is 51.7 Å². The first-order valence-corrected chi connectivity index (χ1v) is 39.3. The fourth-order valence-electron chi connectivity index (χ4n) is 12.7. The number of fused-ring (bicyclic) bond motifs is 4. The van der Waals surface area contributed by atoms with Crippen LogP contribution >= 0.6 is 0 Å². The summed E-state index contributed by atoms with van der Waals surface area (Å²) in [5, 5.41) is 58.7. The van der Waals surface area contributed by atoms with Crippen molar-refractivity contribution in [2.24, 2.45) is 4.99 Å². The van der Waals surface area contributed by atoms with Gasteiger partial charge in [-0.1, -0.05) is 18.2 Å². The summed E-state index contributed by atoms with van der Waals surface area (Å²) in [5.74, 6) is 5.71. The molecule has 0 bridgehead atoms. The summed E-state index contributed by atoms with van der Waals surface area (Å²) >= 11 is 0. The zero-order valence-electron chi connectivity index (χ0n) is 68.4. The predicted molar refractivity (Wildman–Crippen MR) is 455 cm³/mol. The first-order chi connectivity index (χ1) is 57.4. The Morgan fingerprint density at radius 2 is 1.12 bits per heavy atom. The van der Waals surface area contributed by atoms with Gasteiger partial charge in [-0.3, -0.25) is 0 Å². The number of hydrogen-bond donors (Lipinski definition) is 13. The first-order valence-electron chi connectivity index (χ1n) is 39.3. The molecule has 1 aliphatic heterocycles. The lowest BCUT2D eigenvalue weighted by molar-refractivity contribution is -0.137. The molecule has 1 unspecified atom stereocenters. The van der Waals surface area contributed by atoms with Crippen LogP contribution in [0, 0.1) is 5.82 Å². The summed E-state index contributed by atoms with van der Waals surface area (Å²) in [4.78, 5) is 44.9.